The molecule has 20 heavy (non-hydrogen) atoms. The van der Waals surface area contributed by atoms with Gasteiger partial charge < -0.3 is 9.47 Å². The molecular formula is C18H28O2. The zero-order valence-electron chi connectivity index (χ0n) is 13.1. The Bertz CT molecular complexity index is 390. The number of ether oxygens (including phenoxy) is 2. The molecule has 0 amide bonds. The lowest BCUT2D eigenvalue weighted by Gasteiger charge is -2.43. The van der Waals surface area contributed by atoms with Gasteiger partial charge in [-0.3, -0.25) is 0 Å². The Morgan fingerprint density at radius 3 is 2.60 bits per heavy atom. The second-order valence-corrected chi connectivity index (χ2v) is 6.04. The molecule has 0 bridgehead atoms. The summed E-state index contributed by atoms with van der Waals surface area (Å²) in [6.07, 6.45) is 5.75. The van der Waals surface area contributed by atoms with Crippen LogP contribution in [0, 0.1) is 5.92 Å². The first-order chi connectivity index (χ1) is 9.67. The average Bonchev–Trinajstić information content (AvgIpc) is 2.47. The number of hydrogen-bond acceptors (Lipinski definition) is 2. The van der Waals surface area contributed by atoms with Crippen molar-refractivity contribution < 1.29 is 9.47 Å². The Morgan fingerprint density at radius 1 is 1.20 bits per heavy atom. The van der Waals surface area contributed by atoms with Crippen LogP contribution in [-0.2, 0) is 15.9 Å². The molecule has 0 aromatic heterocycles. The minimum absolute atomic E-state index is 0.361. The van der Waals surface area contributed by atoms with E-state index in [1.165, 1.54) is 12.0 Å². The van der Waals surface area contributed by atoms with Gasteiger partial charge in [0.15, 0.2) is 5.79 Å². The van der Waals surface area contributed by atoms with Gasteiger partial charge >= 0.3 is 0 Å². The highest BCUT2D eigenvalue weighted by molar-refractivity contribution is 5.14. The van der Waals surface area contributed by atoms with E-state index >= 15 is 0 Å². The van der Waals surface area contributed by atoms with Crippen molar-refractivity contribution in [3.05, 3.63) is 35.9 Å². The normalized spacial score (nSPS) is 30.4. The van der Waals surface area contributed by atoms with Gasteiger partial charge in [0.25, 0.3) is 0 Å². The van der Waals surface area contributed by atoms with Crippen LogP contribution < -0.4 is 0 Å². The van der Waals surface area contributed by atoms with Crippen LogP contribution >= 0.6 is 0 Å². The Balaban J connectivity index is 1.93. The lowest BCUT2D eigenvalue weighted by molar-refractivity contribution is -0.306. The fourth-order valence-electron chi connectivity index (χ4n) is 2.95. The Labute approximate surface area is 123 Å². The van der Waals surface area contributed by atoms with E-state index in [0.29, 0.717) is 12.0 Å². The Kier molecular flexibility index (Phi) is 5.62. The van der Waals surface area contributed by atoms with Gasteiger partial charge in [-0.25, -0.2) is 0 Å². The van der Waals surface area contributed by atoms with Crippen LogP contribution in [0.3, 0.4) is 0 Å². The van der Waals surface area contributed by atoms with Crippen molar-refractivity contribution in [2.24, 2.45) is 5.92 Å². The molecule has 3 atom stereocenters. The molecule has 0 radical (unpaired) electrons. The summed E-state index contributed by atoms with van der Waals surface area (Å²) in [5.74, 6) is 0.140. The molecule has 0 aliphatic carbocycles. The first-order valence-corrected chi connectivity index (χ1v) is 8.02. The van der Waals surface area contributed by atoms with Gasteiger partial charge in [0.2, 0.25) is 0 Å². The number of benzene rings is 1. The number of aryl methyl sites for hydroxylation is 1. The van der Waals surface area contributed by atoms with Gasteiger partial charge in [0.05, 0.1) is 12.7 Å². The third kappa shape index (κ3) is 4.07. The predicted molar refractivity (Wildman–Crippen MR) is 82.7 cm³/mol. The molecule has 0 saturated carbocycles. The quantitative estimate of drug-likeness (QED) is 0.757. The van der Waals surface area contributed by atoms with E-state index in [9.17, 15) is 0 Å². The highest BCUT2D eigenvalue weighted by Crippen LogP contribution is 2.33. The molecule has 1 heterocycles. The maximum absolute atomic E-state index is 6.32. The van der Waals surface area contributed by atoms with Crippen LogP contribution in [0.5, 0.6) is 0 Å². The van der Waals surface area contributed by atoms with Crippen LogP contribution in [0.15, 0.2) is 30.3 Å². The fraction of sp³-hybridized carbons (Fsp3) is 0.667. The molecule has 1 saturated heterocycles. The average molecular weight is 276 g/mol. The summed E-state index contributed by atoms with van der Waals surface area (Å²) in [6, 6.07) is 10.6. The van der Waals surface area contributed by atoms with E-state index in [1.54, 1.807) is 0 Å². The Hall–Kier alpha value is -0.860. The van der Waals surface area contributed by atoms with E-state index in [-0.39, 0.29) is 0 Å². The van der Waals surface area contributed by atoms with E-state index in [4.69, 9.17) is 9.47 Å². The molecule has 2 nitrogen and oxygen atoms in total. The first-order valence-electron chi connectivity index (χ1n) is 8.02. The Morgan fingerprint density at radius 2 is 1.95 bits per heavy atom. The van der Waals surface area contributed by atoms with Crippen LogP contribution in [0.25, 0.3) is 0 Å². The monoisotopic (exact) mass is 276 g/mol. The lowest BCUT2D eigenvalue weighted by atomic mass is 9.94. The van der Waals surface area contributed by atoms with Gasteiger partial charge in [-0.2, -0.15) is 0 Å². The molecular weight excluding hydrogens is 248 g/mol. The standard InChI is InChI=1S/C18H28O2/c1-4-9-17-16(5-2)14-19-18(3,20-17)13-12-15-10-7-6-8-11-15/h6-8,10-11,16-17H,4-5,9,12-14H2,1-3H3. The van der Waals surface area contributed by atoms with E-state index < -0.39 is 5.79 Å². The summed E-state index contributed by atoms with van der Waals surface area (Å²) >= 11 is 0. The molecule has 0 N–H and O–H groups in total. The predicted octanol–water partition coefficient (Wildman–Crippen LogP) is 4.58. The molecule has 1 aromatic carbocycles. The van der Waals surface area contributed by atoms with Crippen molar-refractivity contribution in [3.63, 3.8) is 0 Å². The van der Waals surface area contributed by atoms with Crippen LogP contribution in [0.2, 0.25) is 0 Å². The zero-order valence-corrected chi connectivity index (χ0v) is 13.1. The van der Waals surface area contributed by atoms with Crippen LogP contribution in [-0.4, -0.2) is 18.5 Å². The third-order valence-corrected chi connectivity index (χ3v) is 4.34. The summed E-state index contributed by atoms with van der Waals surface area (Å²) in [6.45, 7) is 7.40. The van der Waals surface area contributed by atoms with Gasteiger partial charge in [-0.05, 0) is 31.7 Å². The summed E-state index contributed by atoms with van der Waals surface area (Å²) in [7, 11) is 0. The highest BCUT2D eigenvalue weighted by atomic mass is 16.7. The molecule has 1 aliphatic heterocycles. The largest absolute Gasteiger partial charge is 0.350 e. The summed E-state index contributed by atoms with van der Waals surface area (Å²) in [5, 5.41) is 0. The minimum Gasteiger partial charge on any atom is -0.350 e. The molecule has 1 aromatic rings. The van der Waals surface area contributed by atoms with Crippen molar-refractivity contribution >= 4 is 0 Å². The van der Waals surface area contributed by atoms with Crippen molar-refractivity contribution in [3.8, 4) is 0 Å². The van der Waals surface area contributed by atoms with Crippen molar-refractivity contribution in [1.29, 1.82) is 0 Å². The van der Waals surface area contributed by atoms with Gasteiger partial charge in [-0.15, -0.1) is 0 Å². The summed E-state index contributed by atoms with van der Waals surface area (Å²) in [4.78, 5) is 0. The smallest absolute Gasteiger partial charge is 0.166 e. The van der Waals surface area contributed by atoms with Crippen molar-refractivity contribution in [1.82, 2.24) is 0 Å². The van der Waals surface area contributed by atoms with Crippen LogP contribution in [0.4, 0.5) is 0 Å². The maximum atomic E-state index is 6.32. The first kappa shape index (κ1) is 15.5. The maximum Gasteiger partial charge on any atom is 0.166 e. The van der Waals surface area contributed by atoms with E-state index in [0.717, 1.165) is 32.3 Å². The van der Waals surface area contributed by atoms with E-state index in [1.807, 2.05) is 0 Å². The second-order valence-electron chi connectivity index (χ2n) is 6.04. The molecule has 112 valence electrons. The minimum atomic E-state index is -0.415. The summed E-state index contributed by atoms with van der Waals surface area (Å²) in [5.41, 5.74) is 1.35. The molecule has 2 heteroatoms. The lowest BCUT2D eigenvalue weighted by Crippen LogP contribution is -2.47. The molecule has 0 spiro atoms. The second kappa shape index (κ2) is 7.24. The molecule has 2 rings (SSSR count). The third-order valence-electron chi connectivity index (χ3n) is 4.34. The zero-order chi connectivity index (χ0) is 14.4. The molecule has 1 fully saturated rings. The van der Waals surface area contributed by atoms with Gasteiger partial charge in [0.1, 0.15) is 0 Å². The van der Waals surface area contributed by atoms with Crippen molar-refractivity contribution in [2.75, 3.05) is 6.61 Å². The SMILES string of the molecule is CCCC1OC(C)(CCc2ccccc2)OCC1CC. The fourth-order valence-corrected chi connectivity index (χ4v) is 2.95. The number of hydrogen-bond donors (Lipinski definition) is 0. The van der Waals surface area contributed by atoms with Crippen LogP contribution in [0.1, 0.15) is 52.0 Å². The van der Waals surface area contributed by atoms with Gasteiger partial charge in [-0.1, -0.05) is 50.6 Å². The topological polar surface area (TPSA) is 18.5 Å². The number of rotatable bonds is 6. The summed E-state index contributed by atoms with van der Waals surface area (Å²) < 4.78 is 12.4. The molecule has 3 unspecified atom stereocenters. The van der Waals surface area contributed by atoms with E-state index in [2.05, 4.69) is 51.1 Å². The van der Waals surface area contributed by atoms with Gasteiger partial charge in [0, 0.05) is 12.3 Å². The highest BCUT2D eigenvalue weighted by Gasteiger charge is 2.37. The van der Waals surface area contributed by atoms with Crippen molar-refractivity contribution in [2.45, 2.75) is 64.8 Å². The molecule has 1 aliphatic rings.